The van der Waals surface area contributed by atoms with E-state index in [-0.39, 0.29) is 5.41 Å². The molecular formula is C16H18O2. The average molecular weight is 242 g/mol. The summed E-state index contributed by atoms with van der Waals surface area (Å²) in [6.07, 6.45) is 1.05. The van der Waals surface area contributed by atoms with Crippen molar-refractivity contribution in [2.24, 2.45) is 0 Å². The number of carboxylic acids is 1. The zero-order valence-corrected chi connectivity index (χ0v) is 11.0. The van der Waals surface area contributed by atoms with Crippen LogP contribution in [0.5, 0.6) is 0 Å². The summed E-state index contributed by atoms with van der Waals surface area (Å²) >= 11 is 0. The van der Waals surface area contributed by atoms with Crippen LogP contribution < -0.4 is 0 Å². The number of fused-ring (bicyclic) bond motifs is 1. The number of hydrogen-bond donors (Lipinski definition) is 1. The first-order chi connectivity index (χ1) is 8.45. The summed E-state index contributed by atoms with van der Waals surface area (Å²) in [5, 5.41) is 11.2. The van der Waals surface area contributed by atoms with Gasteiger partial charge in [0.25, 0.3) is 0 Å². The highest BCUT2D eigenvalue weighted by molar-refractivity contribution is 5.95. The molecule has 2 nitrogen and oxygen atoms in total. The molecule has 0 unspecified atom stereocenters. The molecule has 0 aliphatic carbocycles. The van der Waals surface area contributed by atoms with Crippen molar-refractivity contribution in [3.63, 3.8) is 0 Å². The van der Waals surface area contributed by atoms with Gasteiger partial charge in [-0.1, -0.05) is 45.0 Å². The molecule has 0 bridgehead atoms. The summed E-state index contributed by atoms with van der Waals surface area (Å²) < 4.78 is 0. The molecule has 0 heterocycles. The van der Waals surface area contributed by atoms with Gasteiger partial charge in [-0.05, 0) is 40.3 Å². The Balaban J connectivity index is 2.68. The van der Waals surface area contributed by atoms with E-state index in [1.807, 2.05) is 18.2 Å². The van der Waals surface area contributed by atoms with Crippen molar-refractivity contribution in [1.82, 2.24) is 0 Å². The Labute approximate surface area is 107 Å². The summed E-state index contributed by atoms with van der Waals surface area (Å²) in [4.78, 5) is 11.0. The van der Waals surface area contributed by atoms with Gasteiger partial charge in [-0.2, -0.15) is 0 Å². The second-order valence-corrected chi connectivity index (χ2v) is 5.28. The van der Waals surface area contributed by atoms with Gasteiger partial charge < -0.3 is 5.11 Å². The number of benzene rings is 2. The lowest BCUT2D eigenvalue weighted by atomic mass is 9.79. The summed E-state index contributed by atoms with van der Waals surface area (Å²) in [7, 11) is 0. The van der Waals surface area contributed by atoms with E-state index in [2.05, 4.69) is 26.8 Å². The Morgan fingerprint density at radius 3 is 2.56 bits per heavy atom. The normalized spacial score (nSPS) is 11.7. The third-order valence-corrected chi connectivity index (χ3v) is 3.74. The SMILES string of the molecule is CCC(C)(C)c1cccc2cc(C(=O)O)ccc12. The number of carboxylic acid groups (broad SMARTS) is 1. The van der Waals surface area contributed by atoms with Gasteiger partial charge in [0.05, 0.1) is 5.56 Å². The van der Waals surface area contributed by atoms with Gasteiger partial charge in [-0.3, -0.25) is 0 Å². The van der Waals surface area contributed by atoms with Gasteiger partial charge in [-0.25, -0.2) is 4.79 Å². The zero-order valence-electron chi connectivity index (χ0n) is 11.0. The molecule has 0 aliphatic rings. The molecule has 0 fully saturated rings. The molecule has 0 amide bonds. The zero-order chi connectivity index (χ0) is 13.3. The predicted octanol–water partition coefficient (Wildman–Crippen LogP) is 4.23. The van der Waals surface area contributed by atoms with Crippen molar-refractivity contribution in [3.8, 4) is 0 Å². The quantitative estimate of drug-likeness (QED) is 0.874. The van der Waals surface area contributed by atoms with E-state index in [1.165, 1.54) is 5.56 Å². The predicted molar refractivity (Wildman–Crippen MR) is 74.2 cm³/mol. The van der Waals surface area contributed by atoms with Gasteiger partial charge in [0.2, 0.25) is 0 Å². The fourth-order valence-corrected chi connectivity index (χ4v) is 2.20. The maximum absolute atomic E-state index is 11.0. The number of hydrogen-bond acceptors (Lipinski definition) is 1. The molecule has 0 saturated heterocycles. The third-order valence-electron chi connectivity index (χ3n) is 3.74. The lowest BCUT2D eigenvalue weighted by molar-refractivity contribution is 0.0697. The van der Waals surface area contributed by atoms with Gasteiger partial charge in [0.15, 0.2) is 0 Å². The maximum atomic E-state index is 11.0. The van der Waals surface area contributed by atoms with Crippen LogP contribution in [-0.4, -0.2) is 11.1 Å². The highest BCUT2D eigenvalue weighted by atomic mass is 16.4. The summed E-state index contributed by atoms with van der Waals surface area (Å²) in [6, 6.07) is 11.4. The van der Waals surface area contributed by atoms with E-state index in [0.29, 0.717) is 5.56 Å². The molecule has 2 aromatic rings. The van der Waals surface area contributed by atoms with E-state index >= 15 is 0 Å². The molecule has 1 N–H and O–H groups in total. The van der Waals surface area contributed by atoms with Crippen LogP contribution >= 0.6 is 0 Å². The van der Waals surface area contributed by atoms with Crippen LogP contribution in [0, 0.1) is 0 Å². The largest absolute Gasteiger partial charge is 0.478 e. The monoisotopic (exact) mass is 242 g/mol. The number of aromatic carboxylic acids is 1. The lowest BCUT2D eigenvalue weighted by Crippen LogP contribution is -2.15. The lowest BCUT2D eigenvalue weighted by Gasteiger charge is -2.25. The smallest absolute Gasteiger partial charge is 0.335 e. The number of carbonyl (C=O) groups is 1. The fourth-order valence-electron chi connectivity index (χ4n) is 2.20. The van der Waals surface area contributed by atoms with E-state index in [1.54, 1.807) is 12.1 Å². The third kappa shape index (κ3) is 2.10. The van der Waals surface area contributed by atoms with Crippen molar-refractivity contribution in [1.29, 1.82) is 0 Å². The molecule has 2 aromatic carbocycles. The Hall–Kier alpha value is -1.83. The summed E-state index contributed by atoms with van der Waals surface area (Å²) in [6.45, 7) is 6.60. The molecule has 2 rings (SSSR count). The molecule has 2 heteroatoms. The minimum atomic E-state index is -0.878. The summed E-state index contributed by atoms with van der Waals surface area (Å²) in [5.74, 6) is -0.878. The molecule has 18 heavy (non-hydrogen) atoms. The standard InChI is InChI=1S/C16H18O2/c1-4-16(2,3)14-7-5-6-11-10-12(15(17)18)8-9-13(11)14/h5-10H,4H2,1-3H3,(H,17,18). The maximum Gasteiger partial charge on any atom is 0.335 e. The van der Waals surface area contributed by atoms with Gasteiger partial charge in [0.1, 0.15) is 0 Å². The van der Waals surface area contributed by atoms with Gasteiger partial charge in [0, 0.05) is 0 Å². The van der Waals surface area contributed by atoms with Crippen molar-refractivity contribution >= 4 is 16.7 Å². The molecule has 0 radical (unpaired) electrons. The van der Waals surface area contributed by atoms with Crippen LogP contribution in [0.25, 0.3) is 10.8 Å². The minimum absolute atomic E-state index is 0.101. The highest BCUT2D eigenvalue weighted by Crippen LogP contribution is 2.33. The Morgan fingerprint density at radius 1 is 1.22 bits per heavy atom. The van der Waals surface area contributed by atoms with E-state index < -0.39 is 5.97 Å². The van der Waals surface area contributed by atoms with Crippen LogP contribution in [0.3, 0.4) is 0 Å². The minimum Gasteiger partial charge on any atom is -0.478 e. The van der Waals surface area contributed by atoms with Gasteiger partial charge >= 0.3 is 5.97 Å². The van der Waals surface area contributed by atoms with Crippen LogP contribution in [-0.2, 0) is 5.41 Å². The van der Waals surface area contributed by atoms with Crippen LogP contribution in [0.4, 0.5) is 0 Å². The fraction of sp³-hybridized carbons (Fsp3) is 0.312. The first-order valence-electron chi connectivity index (χ1n) is 6.22. The molecule has 0 atom stereocenters. The Morgan fingerprint density at radius 2 is 1.94 bits per heavy atom. The number of rotatable bonds is 3. The van der Waals surface area contributed by atoms with Crippen LogP contribution in [0.2, 0.25) is 0 Å². The second-order valence-electron chi connectivity index (χ2n) is 5.28. The molecule has 94 valence electrons. The molecule has 0 saturated carbocycles. The topological polar surface area (TPSA) is 37.3 Å². The molecule has 0 aromatic heterocycles. The van der Waals surface area contributed by atoms with Crippen molar-refractivity contribution < 1.29 is 9.90 Å². The van der Waals surface area contributed by atoms with Gasteiger partial charge in [-0.15, -0.1) is 0 Å². The van der Waals surface area contributed by atoms with Crippen molar-refractivity contribution in [2.75, 3.05) is 0 Å². The Kier molecular flexibility index (Phi) is 3.12. The van der Waals surface area contributed by atoms with Crippen LogP contribution in [0.15, 0.2) is 36.4 Å². The molecule has 0 spiro atoms. The molecule has 0 aliphatic heterocycles. The average Bonchev–Trinajstić information content (AvgIpc) is 2.37. The van der Waals surface area contributed by atoms with E-state index in [9.17, 15) is 4.79 Å². The first-order valence-corrected chi connectivity index (χ1v) is 6.22. The highest BCUT2D eigenvalue weighted by Gasteiger charge is 2.20. The van der Waals surface area contributed by atoms with E-state index in [4.69, 9.17) is 5.11 Å². The molecular weight excluding hydrogens is 224 g/mol. The second kappa shape index (κ2) is 4.45. The van der Waals surface area contributed by atoms with E-state index in [0.717, 1.165) is 17.2 Å². The summed E-state index contributed by atoms with van der Waals surface area (Å²) in [5.41, 5.74) is 1.72. The Bertz CT molecular complexity index is 597. The van der Waals surface area contributed by atoms with Crippen molar-refractivity contribution in [2.45, 2.75) is 32.6 Å². The van der Waals surface area contributed by atoms with Crippen molar-refractivity contribution in [3.05, 3.63) is 47.5 Å². The van der Waals surface area contributed by atoms with Crippen LogP contribution in [0.1, 0.15) is 43.1 Å². The first kappa shape index (κ1) is 12.6.